The summed E-state index contributed by atoms with van der Waals surface area (Å²) >= 11 is 5.77. The molecule has 1 amide bonds. The summed E-state index contributed by atoms with van der Waals surface area (Å²) in [6.45, 7) is 0. The first kappa shape index (κ1) is 13.1. The van der Waals surface area contributed by atoms with Gasteiger partial charge in [-0.1, -0.05) is 41.9 Å². The van der Waals surface area contributed by atoms with E-state index < -0.39 is 12.1 Å². The van der Waals surface area contributed by atoms with Crippen molar-refractivity contribution >= 4 is 17.5 Å². The summed E-state index contributed by atoms with van der Waals surface area (Å²) in [5.41, 5.74) is 2.26. The van der Waals surface area contributed by atoms with Crippen LogP contribution in [0.4, 0.5) is 0 Å². The molecule has 1 aromatic heterocycles. The van der Waals surface area contributed by atoms with Crippen LogP contribution in [0.5, 0.6) is 0 Å². The molecule has 5 heteroatoms. The Bertz CT molecular complexity index is 660. The summed E-state index contributed by atoms with van der Waals surface area (Å²) in [6.07, 6.45) is -0.0695. The quantitative estimate of drug-likeness (QED) is 0.832. The van der Waals surface area contributed by atoms with Crippen LogP contribution in [-0.4, -0.2) is 22.1 Å². The second-order valence-corrected chi connectivity index (χ2v) is 5.15. The predicted octanol–water partition coefficient (Wildman–Crippen LogP) is 2.12. The molecule has 1 aliphatic rings. The first-order valence-electron chi connectivity index (χ1n) is 6.34. The molecule has 1 aromatic carbocycles. The van der Waals surface area contributed by atoms with Crippen molar-refractivity contribution in [2.75, 3.05) is 0 Å². The Morgan fingerprint density at radius 3 is 2.85 bits per heavy atom. The maximum atomic E-state index is 12.2. The Kier molecular flexibility index (Phi) is 3.42. The third-order valence-electron chi connectivity index (χ3n) is 3.44. The van der Waals surface area contributed by atoms with Crippen LogP contribution in [0.25, 0.3) is 0 Å². The second kappa shape index (κ2) is 5.23. The maximum Gasteiger partial charge on any atom is 0.270 e. The molecule has 0 fully saturated rings. The van der Waals surface area contributed by atoms with Gasteiger partial charge in [0.1, 0.15) is 10.8 Å². The van der Waals surface area contributed by atoms with E-state index in [1.807, 2.05) is 24.3 Å². The summed E-state index contributed by atoms with van der Waals surface area (Å²) in [5.74, 6) is -0.340. The number of amides is 1. The van der Waals surface area contributed by atoms with E-state index in [0.29, 0.717) is 6.42 Å². The van der Waals surface area contributed by atoms with E-state index in [1.165, 1.54) is 0 Å². The minimum Gasteiger partial charge on any atom is -0.390 e. The lowest BCUT2D eigenvalue weighted by Gasteiger charge is -2.17. The summed E-state index contributed by atoms with van der Waals surface area (Å²) in [6, 6.07) is 12.2. The van der Waals surface area contributed by atoms with E-state index in [0.717, 1.165) is 11.1 Å². The highest BCUT2D eigenvalue weighted by atomic mass is 35.5. The van der Waals surface area contributed by atoms with Gasteiger partial charge in [0.05, 0.1) is 12.1 Å². The number of rotatable bonds is 2. The Morgan fingerprint density at radius 1 is 1.25 bits per heavy atom. The van der Waals surface area contributed by atoms with Gasteiger partial charge in [-0.15, -0.1) is 0 Å². The molecule has 1 aliphatic carbocycles. The molecule has 2 atom stereocenters. The Labute approximate surface area is 121 Å². The van der Waals surface area contributed by atoms with E-state index >= 15 is 0 Å². The van der Waals surface area contributed by atoms with Gasteiger partial charge < -0.3 is 10.4 Å². The zero-order chi connectivity index (χ0) is 14.1. The van der Waals surface area contributed by atoms with Crippen LogP contribution < -0.4 is 5.32 Å². The average Bonchev–Trinajstić information content (AvgIpc) is 2.75. The third-order valence-corrected chi connectivity index (χ3v) is 3.65. The number of aliphatic hydroxyl groups excluding tert-OH is 1. The molecule has 4 nitrogen and oxygen atoms in total. The van der Waals surface area contributed by atoms with E-state index in [1.54, 1.807) is 18.2 Å². The number of fused-ring (bicyclic) bond motifs is 1. The normalized spacial score (nSPS) is 20.5. The number of aromatic nitrogens is 1. The van der Waals surface area contributed by atoms with E-state index in [-0.39, 0.29) is 16.8 Å². The van der Waals surface area contributed by atoms with Crippen LogP contribution in [0.1, 0.15) is 27.7 Å². The smallest absolute Gasteiger partial charge is 0.270 e. The van der Waals surface area contributed by atoms with Gasteiger partial charge in [-0.2, -0.15) is 0 Å². The zero-order valence-corrected chi connectivity index (χ0v) is 11.3. The number of nitrogens with one attached hydrogen (secondary N) is 1. The van der Waals surface area contributed by atoms with Crippen LogP contribution in [0.2, 0.25) is 5.15 Å². The number of carbonyl (C=O) groups excluding carboxylic acids is 1. The first-order chi connectivity index (χ1) is 9.65. The van der Waals surface area contributed by atoms with Crippen LogP contribution >= 0.6 is 11.6 Å². The Balaban J connectivity index is 1.83. The van der Waals surface area contributed by atoms with Gasteiger partial charge in [0.25, 0.3) is 5.91 Å². The van der Waals surface area contributed by atoms with E-state index in [2.05, 4.69) is 10.3 Å². The molecule has 2 N–H and O–H groups in total. The molecule has 0 spiro atoms. The average molecular weight is 289 g/mol. The van der Waals surface area contributed by atoms with E-state index in [9.17, 15) is 9.90 Å². The number of benzene rings is 1. The number of hydrogen-bond acceptors (Lipinski definition) is 3. The summed E-state index contributed by atoms with van der Waals surface area (Å²) in [7, 11) is 0. The van der Waals surface area contributed by atoms with Crippen molar-refractivity contribution < 1.29 is 9.90 Å². The fourth-order valence-corrected chi connectivity index (χ4v) is 2.66. The maximum absolute atomic E-state index is 12.2. The van der Waals surface area contributed by atoms with Crippen LogP contribution in [0.3, 0.4) is 0 Å². The molecule has 1 heterocycles. The molecular formula is C15H13ClN2O2. The number of pyridine rings is 1. The summed E-state index contributed by atoms with van der Waals surface area (Å²) in [4.78, 5) is 16.1. The summed E-state index contributed by atoms with van der Waals surface area (Å²) < 4.78 is 0. The van der Waals surface area contributed by atoms with Crippen LogP contribution in [-0.2, 0) is 6.42 Å². The SMILES string of the molecule is O=C(N[C@@H]1c2ccccc2C[C@@H]1O)c1cccc(Cl)n1. The molecule has 3 rings (SSSR count). The monoisotopic (exact) mass is 288 g/mol. The van der Waals surface area contributed by atoms with Gasteiger partial charge >= 0.3 is 0 Å². The first-order valence-corrected chi connectivity index (χ1v) is 6.72. The third kappa shape index (κ3) is 2.40. The number of aliphatic hydroxyl groups is 1. The molecule has 0 bridgehead atoms. The molecule has 0 saturated carbocycles. The number of carbonyl (C=O) groups is 1. The predicted molar refractivity (Wildman–Crippen MR) is 75.6 cm³/mol. The number of halogens is 1. The standard InChI is InChI=1S/C15H13ClN2O2/c16-13-7-3-6-11(17-13)15(20)18-14-10-5-2-1-4-9(10)8-12(14)19/h1-7,12,14,19H,8H2,(H,18,20)/t12-,14+/m0/s1. The van der Waals surface area contributed by atoms with Gasteiger partial charge in [0, 0.05) is 6.42 Å². The molecular weight excluding hydrogens is 276 g/mol. The highest BCUT2D eigenvalue weighted by Crippen LogP contribution is 2.31. The topological polar surface area (TPSA) is 62.2 Å². The van der Waals surface area contributed by atoms with Crippen molar-refractivity contribution in [3.63, 3.8) is 0 Å². The van der Waals surface area contributed by atoms with Gasteiger partial charge in [-0.3, -0.25) is 4.79 Å². The van der Waals surface area contributed by atoms with Gasteiger partial charge in [0.2, 0.25) is 0 Å². The highest BCUT2D eigenvalue weighted by molar-refractivity contribution is 6.29. The molecule has 0 radical (unpaired) electrons. The van der Waals surface area contributed by atoms with Crippen molar-refractivity contribution in [2.24, 2.45) is 0 Å². The molecule has 0 saturated heterocycles. The molecule has 0 aliphatic heterocycles. The van der Waals surface area contributed by atoms with Gasteiger partial charge in [-0.05, 0) is 23.3 Å². The highest BCUT2D eigenvalue weighted by Gasteiger charge is 2.32. The molecule has 2 aromatic rings. The zero-order valence-electron chi connectivity index (χ0n) is 10.6. The largest absolute Gasteiger partial charge is 0.390 e. The van der Waals surface area contributed by atoms with Crippen molar-refractivity contribution in [2.45, 2.75) is 18.6 Å². The minimum atomic E-state index is -0.615. The lowest BCUT2D eigenvalue weighted by molar-refractivity contribution is 0.0853. The summed E-state index contributed by atoms with van der Waals surface area (Å²) in [5, 5.41) is 13.2. The van der Waals surface area contributed by atoms with Crippen molar-refractivity contribution in [1.82, 2.24) is 10.3 Å². The van der Waals surface area contributed by atoms with Crippen LogP contribution in [0.15, 0.2) is 42.5 Å². The van der Waals surface area contributed by atoms with Crippen molar-refractivity contribution in [1.29, 1.82) is 0 Å². The lowest BCUT2D eigenvalue weighted by atomic mass is 10.1. The van der Waals surface area contributed by atoms with Gasteiger partial charge in [0.15, 0.2) is 0 Å². The fourth-order valence-electron chi connectivity index (χ4n) is 2.50. The Morgan fingerprint density at radius 2 is 2.05 bits per heavy atom. The fraction of sp³-hybridized carbons (Fsp3) is 0.200. The second-order valence-electron chi connectivity index (χ2n) is 4.77. The minimum absolute atomic E-state index is 0.245. The molecule has 20 heavy (non-hydrogen) atoms. The number of hydrogen-bond donors (Lipinski definition) is 2. The lowest BCUT2D eigenvalue weighted by Crippen LogP contribution is -2.34. The van der Waals surface area contributed by atoms with E-state index in [4.69, 9.17) is 11.6 Å². The van der Waals surface area contributed by atoms with Crippen LogP contribution in [0, 0.1) is 0 Å². The molecule has 0 unspecified atom stereocenters. The Hall–Kier alpha value is -1.91. The molecule has 102 valence electrons. The van der Waals surface area contributed by atoms with Crippen molar-refractivity contribution in [3.05, 3.63) is 64.4 Å². The number of nitrogens with zero attached hydrogens (tertiary/aromatic N) is 1. The van der Waals surface area contributed by atoms with Gasteiger partial charge in [-0.25, -0.2) is 4.98 Å². The van der Waals surface area contributed by atoms with Crippen molar-refractivity contribution in [3.8, 4) is 0 Å².